The van der Waals surface area contributed by atoms with Gasteiger partial charge in [0.1, 0.15) is 17.5 Å². The van der Waals surface area contributed by atoms with E-state index in [1.807, 2.05) is 6.07 Å². The molecule has 2 heterocycles. The molecule has 1 aromatic rings. The molecular weight excluding hydrogens is 330 g/mol. The van der Waals surface area contributed by atoms with Crippen molar-refractivity contribution in [1.29, 1.82) is 0 Å². The number of unbranched alkanes of at least 4 members (excludes halogenated alkanes) is 3. The maximum atomic E-state index is 11.2. The van der Waals surface area contributed by atoms with Crippen LogP contribution in [0.3, 0.4) is 0 Å². The van der Waals surface area contributed by atoms with Crippen molar-refractivity contribution >= 4 is 5.97 Å². The molecule has 2 aliphatic rings. The summed E-state index contributed by atoms with van der Waals surface area (Å²) in [7, 11) is 0. The normalized spacial score (nSPS) is 19.8. The average molecular weight is 361 g/mol. The summed E-state index contributed by atoms with van der Waals surface area (Å²) in [6.45, 7) is 7.02. The van der Waals surface area contributed by atoms with Gasteiger partial charge >= 0.3 is 5.97 Å². The Labute approximate surface area is 156 Å². The topological polar surface area (TPSA) is 59.0 Å². The summed E-state index contributed by atoms with van der Waals surface area (Å²) in [4.78, 5) is 13.3. The van der Waals surface area contributed by atoms with Crippen molar-refractivity contribution in [2.45, 2.75) is 63.8 Å². The second kappa shape index (κ2) is 8.30. The smallest absolute Gasteiger partial charge is 0.320 e. The van der Waals surface area contributed by atoms with E-state index in [0.29, 0.717) is 6.61 Å². The molecule has 144 valence electrons. The third kappa shape index (κ3) is 3.98. The molecule has 0 aliphatic carbocycles. The molecule has 1 saturated heterocycles. The number of benzene rings is 1. The first-order valence-corrected chi connectivity index (χ1v) is 9.93. The lowest BCUT2D eigenvalue weighted by Gasteiger charge is -2.40. The Morgan fingerprint density at radius 2 is 2.08 bits per heavy atom. The molecule has 0 bridgehead atoms. The van der Waals surface area contributed by atoms with Gasteiger partial charge in [0.05, 0.1) is 13.2 Å². The van der Waals surface area contributed by atoms with Crippen molar-refractivity contribution in [3.8, 4) is 11.5 Å². The number of carboxylic acid groups (broad SMARTS) is 1. The van der Waals surface area contributed by atoms with Crippen LogP contribution in [-0.4, -0.2) is 48.3 Å². The molecule has 1 N–H and O–H groups in total. The van der Waals surface area contributed by atoms with Gasteiger partial charge in [0, 0.05) is 17.0 Å². The molecular formula is C21H31NO4. The van der Waals surface area contributed by atoms with E-state index in [-0.39, 0.29) is 5.41 Å². The lowest BCUT2D eigenvalue weighted by molar-refractivity contribution is -0.143. The van der Waals surface area contributed by atoms with Crippen molar-refractivity contribution < 1.29 is 19.4 Å². The number of nitrogens with zero attached hydrogens (tertiary/aromatic N) is 1. The molecule has 5 heteroatoms. The van der Waals surface area contributed by atoms with Gasteiger partial charge in [-0.1, -0.05) is 32.3 Å². The van der Waals surface area contributed by atoms with Crippen LogP contribution < -0.4 is 9.47 Å². The maximum Gasteiger partial charge on any atom is 0.320 e. The SMILES string of the molecule is CCCCCCOc1ccc2c(c1)OCC21CCN(C(C)C(=O)O)CC1. The fourth-order valence-corrected chi connectivity index (χ4v) is 4.07. The van der Waals surface area contributed by atoms with Gasteiger partial charge in [-0.15, -0.1) is 0 Å². The monoisotopic (exact) mass is 361 g/mol. The van der Waals surface area contributed by atoms with E-state index in [1.54, 1.807) is 6.92 Å². The average Bonchev–Trinajstić information content (AvgIpc) is 2.99. The molecule has 0 aromatic heterocycles. The van der Waals surface area contributed by atoms with Crippen LogP contribution in [0.2, 0.25) is 0 Å². The molecule has 0 saturated carbocycles. The molecule has 5 nitrogen and oxygen atoms in total. The Morgan fingerprint density at radius 3 is 2.77 bits per heavy atom. The summed E-state index contributed by atoms with van der Waals surface area (Å²) >= 11 is 0. The van der Waals surface area contributed by atoms with E-state index in [1.165, 1.54) is 24.8 Å². The van der Waals surface area contributed by atoms with E-state index in [4.69, 9.17) is 9.47 Å². The molecule has 26 heavy (non-hydrogen) atoms. The van der Waals surface area contributed by atoms with Gasteiger partial charge in [0.25, 0.3) is 0 Å². The number of carbonyl (C=O) groups is 1. The second-order valence-electron chi connectivity index (χ2n) is 7.69. The molecule has 1 atom stereocenters. The quantitative estimate of drug-likeness (QED) is 0.713. The van der Waals surface area contributed by atoms with Crippen molar-refractivity contribution in [2.75, 3.05) is 26.3 Å². The number of hydrogen-bond donors (Lipinski definition) is 1. The number of likely N-dealkylation sites (tertiary alicyclic amines) is 1. The van der Waals surface area contributed by atoms with Crippen LogP contribution in [-0.2, 0) is 10.2 Å². The van der Waals surface area contributed by atoms with Gasteiger partial charge in [0.2, 0.25) is 0 Å². The Morgan fingerprint density at radius 1 is 1.31 bits per heavy atom. The van der Waals surface area contributed by atoms with Crippen LogP contribution >= 0.6 is 0 Å². The van der Waals surface area contributed by atoms with Gasteiger partial charge in [-0.2, -0.15) is 0 Å². The highest BCUT2D eigenvalue weighted by atomic mass is 16.5. The van der Waals surface area contributed by atoms with Crippen molar-refractivity contribution in [1.82, 2.24) is 4.90 Å². The van der Waals surface area contributed by atoms with Crippen molar-refractivity contribution in [3.63, 3.8) is 0 Å². The van der Waals surface area contributed by atoms with E-state index < -0.39 is 12.0 Å². The van der Waals surface area contributed by atoms with E-state index in [9.17, 15) is 9.90 Å². The number of carboxylic acids is 1. The van der Waals surface area contributed by atoms with Crippen LogP contribution in [0.15, 0.2) is 18.2 Å². The first-order valence-electron chi connectivity index (χ1n) is 9.93. The lowest BCUT2D eigenvalue weighted by atomic mass is 9.74. The van der Waals surface area contributed by atoms with Crippen LogP contribution in [0.4, 0.5) is 0 Å². The zero-order chi connectivity index (χ0) is 18.6. The number of aliphatic carboxylic acids is 1. The van der Waals surface area contributed by atoms with Crippen LogP contribution in [0.5, 0.6) is 11.5 Å². The molecule has 0 radical (unpaired) electrons. The lowest BCUT2D eigenvalue weighted by Crippen LogP contribution is -2.49. The Hall–Kier alpha value is -1.75. The largest absolute Gasteiger partial charge is 0.493 e. The Kier molecular flexibility index (Phi) is 6.07. The summed E-state index contributed by atoms with van der Waals surface area (Å²) in [5.41, 5.74) is 1.29. The number of ether oxygens (including phenoxy) is 2. The maximum absolute atomic E-state index is 11.2. The van der Waals surface area contributed by atoms with Crippen molar-refractivity contribution in [3.05, 3.63) is 23.8 Å². The summed E-state index contributed by atoms with van der Waals surface area (Å²) in [6, 6.07) is 5.81. The predicted molar refractivity (Wildman–Crippen MR) is 101 cm³/mol. The Balaban J connectivity index is 1.59. The third-order valence-electron chi connectivity index (χ3n) is 5.96. The van der Waals surface area contributed by atoms with E-state index in [0.717, 1.165) is 50.5 Å². The standard InChI is InChI=1S/C21H31NO4/c1-3-4-5-6-13-25-17-7-8-18-19(14-17)26-15-21(18)9-11-22(12-10-21)16(2)20(23)24/h7-8,14,16H,3-6,9-13,15H2,1-2H3,(H,23,24). The number of rotatable bonds is 8. The zero-order valence-electron chi connectivity index (χ0n) is 16.0. The van der Waals surface area contributed by atoms with Gasteiger partial charge in [-0.05, 0) is 45.3 Å². The fraction of sp³-hybridized carbons (Fsp3) is 0.667. The first kappa shape index (κ1) is 19.0. The molecule has 0 amide bonds. The van der Waals surface area contributed by atoms with Gasteiger partial charge in [-0.3, -0.25) is 9.69 Å². The second-order valence-corrected chi connectivity index (χ2v) is 7.69. The van der Waals surface area contributed by atoms with Crippen LogP contribution in [0.1, 0.15) is 57.9 Å². The summed E-state index contributed by atoms with van der Waals surface area (Å²) in [5.74, 6) is 1.08. The molecule has 1 aromatic carbocycles. The van der Waals surface area contributed by atoms with Crippen LogP contribution in [0.25, 0.3) is 0 Å². The number of piperidine rings is 1. The fourth-order valence-electron chi connectivity index (χ4n) is 4.07. The summed E-state index contributed by atoms with van der Waals surface area (Å²) in [6.07, 6.45) is 6.68. The number of fused-ring (bicyclic) bond motifs is 2. The summed E-state index contributed by atoms with van der Waals surface area (Å²) in [5, 5.41) is 9.22. The minimum Gasteiger partial charge on any atom is -0.493 e. The minimum absolute atomic E-state index is 0.0315. The van der Waals surface area contributed by atoms with Gasteiger partial charge in [0.15, 0.2) is 0 Å². The molecule has 1 unspecified atom stereocenters. The molecule has 2 aliphatic heterocycles. The number of hydrogen-bond acceptors (Lipinski definition) is 4. The van der Waals surface area contributed by atoms with Crippen molar-refractivity contribution in [2.24, 2.45) is 0 Å². The van der Waals surface area contributed by atoms with Gasteiger partial charge < -0.3 is 14.6 Å². The highest BCUT2D eigenvalue weighted by molar-refractivity contribution is 5.72. The highest BCUT2D eigenvalue weighted by Gasteiger charge is 2.44. The van der Waals surface area contributed by atoms with Gasteiger partial charge in [-0.25, -0.2) is 0 Å². The zero-order valence-corrected chi connectivity index (χ0v) is 16.0. The Bertz CT molecular complexity index is 622. The first-order chi connectivity index (χ1) is 12.6. The molecule has 1 spiro atoms. The third-order valence-corrected chi connectivity index (χ3v) is 5.96. The molecule has 3 rings (SSSR count). The van der Waals surface area contributed by atoms with Crippen LogP contribution in [0, 0.1) is 0 Å². The van der Waals surface area contributed by atoms with E-state index in [2.05, 4.69) is 24.0 Å². The summed E-state index contributed by atoms with van der Waals surface area (Å²) < 4.78 is 11.9. The minimum atomic E-state index is -0.746. The predicted octanol–water partition coefficient (Wildman–Crippen LogP) is 3.84. The highest BCUT2D eigenvalue weighted by Crippen LogP contribution is 2.46. The molecule has 1 fully saturated rings. The van der Waals surface area contributed by atoms with E-state index >= 15 is 0 Å².